The maximum atomic E-state index is 10.5. The Hall–Kier alpha value is -1.89. The molecule has 20 heavy (non-hydrogen) atoms. The fourth-order valence-corrected chi connectivity index (χ4v) is 1.73. The molecule has 0 saturated carbocycles. The van der Waals surface area contributed by atoms with Crippen molar-refractivity contribution in [2.75, 3.05) is 37.4 Å². The van der Waals surface area contributed by atoms with E-state index in [1.807, 2.05) is 14.0 Å². The van der Waals surface area contributed by atoms with Gasteiger partial charge < -0.3 is 21.1 Å². The van der Waals surface area contributed by atoms with Gasteiger partial charge in [0, 0.05) is 25.6 Å². The molecule has 1 amide bonds. The number of anilines is 2. The van der Waals surface area contributed by atoms with Gasteiger partial charge in [-0.2, -0.15) is 0 Å². The average molecular weight is 281 g/mol. The van der Waals surface area contributed by atoms with E-state index in [4.69, 9.17) is 10.5 Å². The lowest BCUT2D eigenvalue weighted by Gasteiger charge is -2.13. The Morgan fingerprint density at radius 2 is 2.05 bits per heavy atom. The van der Waals surface area contributed by atoms with Gasteiger partial charge in [-0.1, -0.05) is 6.92 Å². The number of ether oxygens (including phenoxy) is 1. The van der Waals surface area contributed by atoms with Crippen molar-refractivity contribution in [1.29, 1.82) is 0 Å². The molecule has 112 valence electrons. The summed E-state index contributed by atoms with van der Waals surface area (Å²) in [7, 11) is 1.84. The normalized spacial score (nSPS) is 10.3. The zero-order valence-corrected chi connectivity index (χ0v) is 12.3. The monoisotopic (exact) mass is 281 g/mol. The van der Waals surface area contributed by atoms with Gasteiger partial charge in [-0.3, -0.25) is 4.79 Å². The van der Waals surface area contributed by atoms with Crippen molar-refractivity contribution in [3.05, 3.63) is 11.4 Å². The molecule has 1 aromatic heterocycles. The van der Waals surface area contributed by atoms with Crippen molar-refractivity contribution >= 4 is 17.5 Å². The molecule has 1 aromatic rings. The number of hydrogen-bond donors (Lipinski definition) is 3. The van der Waals surface area contributed by atoms with Gasteiger partial charge in [0.1, 0.15) is 24.1 Å². The number of nitrogens with two attached hydrogens (primary N) is 1. The van der Waals surface area contributed by atoms with Crippen LogP contribution in [-0.2, 0) is 16.0 Å². The molecule has 0 spiro atoms. The summed E-state index contributed by atoms with van der Waals surface area (Å²) in [6.07, 6.45) is 1.83. The highest BCUT2D eigenvalue weighted by molar-refractivity contribution is 5.74. The molecule has 0 aliphatic heterocycles. The Kier molecular flexibility index (Phi) is 6.72. The van der Waals surface area contributed by atoms with E-state index in [0.29, 0.717) is 13.2 Å². The van der Waals surface area contributed by atoms with Crippen molar-refractivity contribution in [1.82, 2.24) is 9.97 Å². The van der Waals surface area contributed by atoms with Crippen LogP contribution in [0.2, 0.25) is 0 Å². The second-order valence-corrected chi connectivity index (χ2v) is 4.41. The summed E-state index contributed by atoms with van der Waals surface area (Å²) in [4.78, 5) is 19.5. The molecule has 0 atom stereocenters. The molecule has 0 aliphatic carbocycles. The molecule has 1 heterocycles. The highest BCUT2D eigenvalue weighted by atomic mass is 16.5. The number of primary amides is 1. The second-order valence-electron chi connectivity index (χ2n) is 4.41. The Morgan fingerprint density at radius 1 is 1.35 bits per heavy atom. The van der Waals surface area contributed by atoms with Crippen LogP contribution in [0.25, 0.3) is 0 Å². The van der Waals surface area contributed by atoms with Gasteiger partial charge in [0.25, 0.3) is 0 Å². The minimum Gasteiger partial charge on any atom is -0.373 e. The van der Waals surface area contributed by atoms with Gasteiger partial charge >= 0.3 is 0 Å². The molecule has 0 bridgehead atoms. The molecule has 7 nitrogen and oxygen atoms in total. The van der Waals surface area contributed by atoms with Crippen molar-refractivity contribution in [3.63, 3.8) is 0 Å². The van der Waals surface area contributed by atoms with Crippen molar-refractivity contribution < 1.29 is 9.53 Å². The van der Waals surface area contributed by atoms with Crippen LogP contribution in [0.5, 0.6) is 0 Å². The number of hydrogen-bond acceptors (Lipinski definition) is 6. The van der Waals surface area contributed by atoms with Crippen LogP contribution in [-0.4, -0.2) is 42.7 Å². The lowest BCUT2D eigenvalue weighted by atomic mass is 10.2. The first kappa shape index (κ1) is 16.2. The molecular formula is C13H23N5O2. The third-order valence-electron chi connectivity index (χ3n) is 2.69. The fraction of sp³-hybridized carbons (Fsp3) is 0.615. The summed E-state index contributed by atoms with van der Waals surface area (Å²) in [5.74, 6) is 1.95. The molecule has 0 aliphatic rings. The first-order valence-electron chi connectivity index (χ1n) is 6.73. The Labute approximate surface area is 119 Å². The average Bonchev–Trinajstić information content (AvgIpc) is 2.41. The van der Waals surface area contributed by atoms with Crippen LogP contribution in [0.4, 0.5) is 11.6 Å². The first-order chi connectivity index (χ1) is 9.58. The number of carbonyl (C=O) groups is 1. The number of aryl methyl sites for hydroxylation is 1. The molecule has 0 saturated heterocycles. The highest BCUT2D eigenvalue weighted by Crippen LogP contribution is 2.19. The standard InChI is InChI=1S/C13H23N5O2/c1-4-5-11-17-12(15-3)9(2)13(18-11)16-6-7-20-8-10(14)19/h4-8H2,1-3H3,(H2,14,19)(H2,15,16,17,18). The van der Waals surface area contributed by atoms with Crippen LogP contribution >= 0.6 is 0 Å². The number of rotatable bonds is 9. The smallest absolute Gasteiger partial charge is 0.243 e. The molecule has 0 radical (unpaired) electrons. The summed E-state index contributed by atoms with van der Waals surface area (Å²) in [5, 5.41) is 6.26. The molecule has 0 unspecified atom stereocenters. The largest absolute Gasteiger partial charge is 0.373 e. The van der Waals surface area contributed by atoms with Gasteiger partial charge in [0.15, 0.2) is 0 Å². The van der Waals surface area contributed by atoms with E-state index < -0.39 is 5.91 Å². The van der Waals surface area contributed by atoms with Crippen LogP contribution in [0.3, 0.4) is 0 Å². The molecule has 4 N–H and O–H groups in total. The van der Waals surface area contributed by atoms with Crippen molar-refractivity contribution in [2.45, 2.75) is 26.7 Å². The minimum absolute atomic E-state index is 0.0622. The summed E-state index contributed by atoms with van der Waals surface area (Å²) in [5.41, 5.74) is 5.95. The van der Waals surface area contributed by atoms with E-state index in [1.165, 1.54) is 0 Å². The second kappa shape index (κ2) is 8.31. The Balaban J connectivity index is 2.63. The minimum atomic E-state index is -0.467. The van der Waals surface area contributed by atoms with Crippen LogP contribution < -0.4 is 16.4 Å². The van der Waals surface area contributed by atoms with E-state index in [9.17, 15) is 4.79 Å². The quantitative estimate of drug-likeness (QED) is 0.576. The number of nitrogens with one attached hydrogen (secondary N) is 2. The molecule has 0 aromatic carbocycles. The van der Waals surface area contributed by atoms with Crippen LogP contribution in [0, 0.1) is 6.92 Å². The number of carbonyl (C=O) groups excluding carboxylic acids is 1. The van der Waals surface area contributed by atoms with E-state index in [0.717, 1.165) is 35.9 Å². The van der Waals surface area contributed by atoms with Crippen molar-refractivity contribution in [2.24, 2.45) is 5.73 Å². The van der Waals surface area contributed by atoms with Gasteiger partial charge in [-0.25, -0.2) is 9.97 Å². The molecule has 7 heteroatoms. The lowest BCUT2D eigenvalue weighted by molar-refractivity contribution is -0.122. The topological polar surface area (TPSA) is 102 Å². The first-order valence-corrected chi connectivity index (χ1v) is 6.73. The fourth-order valence-electron chi connectivity index (χ4n) is 1.73. The predicted octanol–water partition coefficient (Wildman–Crippen LogP) is 0.693. The molecule has 1 rings (SSSR count). The number of nitrogens with zero attached hydrogens (tertiary/aromatic N) is 2. The van der Waals surface area contributed by atoms with Crippen molar-refractivity contribution in [3.8, 4) is 0 Å². The van der Waals surface area contributed by atoms with E-state index in [-0.39, 0.29) is 6.61 Å². The maximum Gasteiger partial charge on any atom is 0.243 e. The predicted molar refractivity (Wildman–Crippen MR) is 78.8 cm³/mol. The van der Waals surface area contributed by atoms with Gasteiger partial charge in [0.2, 0.25) is 5.91 Å². The third-order valence-corrected chi connectivity index (χ3v) is 2.69. The Morgan fingerprint density at radius 3 is 2.65 bits per heavy atom. The van der Waals surface area contributed by atoms with Gasteiger partial charge in [-0.15, -0.1) is 0 Å². The number of aromatic nitrogens is 2. The zero-order valence-electron chi connectivity index (χ0n) is 12.3. The number of amides is 1. The maximum absolute atomic E-state index is 10.5. The lowest BCUT2D eigenvalue weighted by Crippen LogP contribution is -2.21. The zero-order chi connectivity index (χ0) is 15.0. The highest BCUT2D eigenvalue weighted by Gasteiger charge is 2.09. The van der Waals surface area contributed by atoms with Crippen LogP contribution in [0.1, 0.15) is 24.7 Å². The van der Waals surface area contributed by atoms with Crippen LogP contribution in [0.15, 0.2) is 0 Å². The van der Waals surface area contributed by atoms with E-state index >= 15 is 0 Å². The third kappa shape index (κ3) is 5.00. The SMILES string of the molecule is CCCc1nc(NC)c(C)c(NCCOCC(N)=O)n1. The molecule has 0 fully saturated rings. The summed E-state index contributed by atoms with van der Waals surface area (Å²) < 4.78 is 5.09. The van der Waals surface area contributed by atoms with Gasteiger partial charge in [-0.05, 0) is 13.3 Å². The summed E-state index contributed by atoms with van der Waals surface area (Å²) in [6.45, 7) is 4.93. The van der Waals surface area contributed by atoms with Gasteiger partial charge in [0.05, 0.1) is 6.61 Å². The summed E-state index contributed by atoms with van der Waals surface area (Å²) >= 11 is 0. The Bertz CT molecular complexity index is 451. The van der Waals surface area contributed by atoms with E-state index in [1.54, 1.807) is 0 Å². The summed E-state index contributed by atoms with van der Waals surface area (Å²) in [6, 6.07) is 0. The van der Waals surface area contributed by atoms with E-state index in [2.05, 4.69) is 27.5 Å². The molecular weight excluding hydrogens is 258 g/mol.